The molecule has 0 radical (unpaired) electrons. The Labute approximate surface area is 207 Å². The highest BCUT2D eigenvalue weighted by Gasteiger charge is 2.24. The number of nitrogens with one attached hydrogen (secondary N) is 2. The minimum atomic E-state index is -0.745. The Bertz CT molecular complexity index is 1010. The van der Waals surface area contributed by atoms with Gasteiger partial charge < -0.3 is 15.4 Å². The van der Waals surface area contributed by atoms with Gasteiger partial charge in [-0.25, -0.2) is 4.98 Å². The molecule has 2 aromatic heterocycles. The smallest absolute Gasteiger partial charge is 0.237 e. The van der Waals surface area contributed by atoms with Crippen molar-refractivity contribution in [1.29, 1.82) is 5.26 Å². The molecule has 0 bridgehead atoms. The quantitative estimate of drug-likeness (QED) is 0.461. The summed E-state index contributed by atoms with van der Waals surface area (Å²) in [6.45, 7) is 7.28. The van der Waals surface area contributed by atoms with Crippen molar-refractivity contribution in [3.8, 4) is 11.9 Å². The Morgan fingerprint density at radius 2 is 1.91 bits per heavy atom. The van der Waals surface area contributed by atoms with E-state index in [2.05, 4.69) is 31.8 Å². The Morgan fingerprint density at radius 3 is 2.65 bits per heavy atom. The molecular weight excluding hydrogens is 450 g/mol. The van der Waals surface area contributed by atoms with Gasteiger partial charge in [0.05, 0.1) is 36.5 Å². The van der Waals surface area contributed by atoms with Crippen molar-refractivity contribution >= 4 is 23.2 Å². The predicted octanol–water partition coefficient (Wildman–Crippen LogP) is 5.35. The number of nitrogens with zero attached hydrogens (tertiary/aromatic N) is 5. The van der Waals surface area contributed by atoms with E-state index >= 15 is 0 Å². The van der Waals surface area contributed by atoms with Crippen molar-refractivity contribution in [3.05, 3.63) is 23.1 Å². The number of aryl methyl sites for hydroxylation is 1. The second-order valence-corrected chi connectivity index (χ2v) is 10.7. The maximum atomic E-state index is 9.37. The molecule has 0 amide bonds. The lowest BCUT2D eigenvalue weighted by Crippen LogP contribution is -2.38. The van der Waals surface area contributed by atoms with E-state index in [4.69, 9.17) is 16.3 Å². The minimum Gasteiger partial charge on any atom is -0.476 e. The van der Waals surface area contributed by atoms with E-state index in [1.165, 1.54) is 51.4 Å². The van der Waals surface area contributed by atoms with E-state index in [0.717, 1.165) is 29.9 Å². The lowest BCUT2D eigenvalue weighted by atomic mass is 9.91. The molecule has 2 unspecified atom stereocenters. The summed E-state index contributed by atoms with van der Waals surface area (Å²) in [5.74, 6) is 2.08. The summed E-state index contributed by atoms with van der Waals surface area (Å²) >= 11 is 6.34. The lowest BCUT2D eigenvalue weighted by Gasteiger charge is -2.28. The number of rotatable bonds is 9. The first-order valence-corrected chi connectivity index (χ1v) is 12.9. The number of hydrogen-bond donors (Lipinski definition) is 2. The Morgan fingerprint density at radius 1 is 1.18 bits per heavy atom. The predicted molar refractivity (Wildman–Crippen MR) is 133 cm³/mol. The fourth-order valence-corrected chi connectivity index (χ4v) is 4.67. The van der Waals surface area contributed by atoms with Gasteiger partial charge in [0.1, 0.15) is 10.6 Å². The topological polar surface area (TPSA) is 101 Å². The average molecular weight is 486 g/mol. The molecule has 184 valence electrons. The summed E-state index contributed by atoms with van der Waals surface area (Å²) in [7, 11) is 0. The number of anilines is 2. The van der Waals surface area contributed by atoms with Crippen LogP contribution < -0.4 is 15.4 Å². The van der Waals surface area contributed by atoms with Crippen LogP contribution in [0, 0.1) is 30.1 Å². The molecule has 0 aromatic carbocycles. The standard InChI is InChI=1S/C25H36ClN7O/c1-17-22(14-33(32-17)25(2,3)16-27)30-24-29-13-21(26)23(31-24)34-15-19-7-4-6-18(10-11-19)12-28-20-8-5-9-20/h13-14,18-20,28H,4-12,15H2,1-3H3,(H,29,30,31). The molecule has 4 rings (SSSR count). The first-order valence-electron chi connectivity index (χ1n) is 12.5. The largest absolute Gasteiger partial charge is 0.476 e. The molecule has 2 aromatic rings. The molecule has 0 saturated heterocycles. The van der Waals surface area contributed by atoms with Crippen LogP contribution in [0.25, 0.3) is 0 Å². The zero-order valence-corrected chi connectivity index (χ0v) is 21.2. The van der Waals surface area contributed by atoms with Crippen molar-refractivity contribution in [2.24, 2.45) is 11.8 Å². The van der Waals surface area contributed by atoms with E-state index in [1.807, 2.05) is 20.8 Å². The van der Waals surface area contributed by atoms with Crippen LogP contribution in [-0.2, 0) is 5.54 Å². The zero-order chi connectivity index (χ0) is 24.1. The number of hydrogen-bond acceptors (Lipinski definition) is 7. The fraction of sp³-hybridized carbons (Fsp3) is 0.680. The lowest BCUT2D eigenvalue weighted by molar-refractivity contribution is 0.224. The number of halogens is 1. The Kier molecular flexibility index (Phi) is 7.95. The van der Waals surface area contributed by atoms with Crippen molar-refractivity contribution in [2.45, 2.75) is 83.7 Å². The molecular formula is C25H36ClN7O. The van der Waals surface area contributed by atoms with E-state index < -0.39 is 5.54 Å². The highest BCUT2D eigenvalue weighted by molar-refractivity contribution is 6.31. The molecule has 2 atom stereocenters. The van der Waals surface area contributed by atoms with Crippen molar-refractivity contribution in [1.82, 2.24) is 25.1 Å². The fourth-order valence-electron chi connectivity index (χ4n) is 4.52. The van der Waals surface area contributed by atoms with Crippen LogP contribution >= 0.6 is 11.6 Å². The van der Waals surface area contributed by atoms with Gasteiger partial charge in [0.25, 0.3) is 0 Å². The third kappa shape index (κ3) is 6.19. The van der Waals surface area contributed by atoms with Crippen LogP contribution in [0.4, 0.5) is 11.6 Å². The molecule has 9 heteroatoms. The van der Waals surface area contributed by atoms with E-state index in [-0.39, 0.29) is 0 Å². The minimum absolute atomic E-state index is 0.389. The van der Waals surface area contributed by atoms with Crippen LogP contribution in [0.15, 0.2) is 12.4 Å². The second-order valence-electron chi connectivity index (χ2n) is 10.3. The van der Waals surface area contributed by atoms with E-state index in [9.17, 15) is 5.26 Å². The highest BCUT2D eigenvalue weighted by atomic mass is 35.5. The van der Waals surface area contributed by atoms with Gasteiger partial charge in [-0.05, 0) is 77.7 Å². The molecule has 0 aliphatic heterocycles. The van der Waals surface area contributed by atoms with Gasteiger partial charge in [0, 0.05) is 6.04 Å². The van der Waals surface area contributed by atoms with Crippen LogP contribution in [0.2, 0.25) is 5.02 Å². The zero-order valence-electron chi connectivity index (χ0n) is 20.5. The maximum absolute atomic E-state index is 9.37. The Hall–Kier alpha value is -2.37. The van der Waals surface area contributed by atoms with Crippen molar-refractivity contribution < 1.29 is 4.74 Å². The van der Waals surface area contributed by atoms with Crippen LogP contribution in [0.5, 0.6) is 5.88 Å². The van der Waals surface area contributed by atoms with Gasteiger partial charge in [-0.3, -0.25) is 4.68 Å². The summed E-state index contributed by atoms with van der Waals surface area (Å²) in [5.41, 5.74) is 0.746. The van der Waals surface area contributed by atoms with Gasteiger partial charge in [-0.1, -0.05) is 24.4 Å². The van der Waals surface area contributed by atoms with Gasteiger partial charge >= 0.3 is 0 Å². The molecule has 2 heterocycles. The molecule has 2 fully saturated rings. The second kappa shape index (κ2) is 10.9. The molecule has 2 saturated carbocycles. The monoisotopic (exact) mass is 485 g/mol. The van der Waals surface area contributed by atoms with Gasteiger partial charge in [0.2, 0.25) is 11.8 Å². The summed E-state index contributed by atoms with van der Waals surface area (Å²) in [6.07, 6.45) is 13.6. The van der Waals surface area contributed by atoms with E-state index in [0.29, 0.717) is 29.4 Å². The molecule has 8 nitrogen and oxygen atoms in total. The van der Waals surface area contributed by atoms with Crippen LogP contribution in [0.1, 0.15) is 70.9 Å². The normalized spacial score (nSPS) is 21.4. The summed E-state index contributed by atoms with van der Waals surface area (Å²) in [6, 6.07) is 3.02. The average Bonchev–Trinajstić information content (AvgIpc) is 3.01. The SMILES string of the molecule is Cc1nn(C(C)(C)C#N)cc1Nc1ncc(Cl)c(OCC2CCCC(CNC3CCC3)CC2)n1. The van der Waals surface area contributed by atoms with Gasteiger partial charge in [-0.15, -0.1) is 0 Å². The number of ether oxygens (including phenoxy) is 1. The molecule has 0 spiro atoms. The molecule has 2 aliphatic rings. The Balaban J connectivity index is 1.32. The molecule has 2 N–H and O–H groups in total. The summed E-state index contributed by atoms with van der Waals surface area (Å²) in [4.78, 5) is 8.79. The number of nitriles is 1. The third-order valence-electron chi connectivity index (χ3n) is 7.17. The molecule has 2 aliphatic carbocycles. The van der Waals surface area contributed by atoms with Gasteiger partial charge in [0.15, 0.2) is 0 Å². The van der Waals surface area contributed by atoms with Crippen molar-refractivity contribution in [3.63, 3.8) is 0 Å². The maximum Gasteiger partial charge on any atom is 0.237 e. The highest BCUT2D eigenvalue weighted by Crippen LogP contribution is 2.30. The first-order chi connectivity index (χ1) is 16.3. The first kappa shape index (κ1) is 24.7. The number of aromatic nitrogens is 4. The van der Waals surface area contributed by atoms with Crippen molar-refractivity contribution in [2.75, 3.05) is 18.5 Å². The third-order valence-corrected chi connectivity index (χ3v) is 7.43. The molecule has 34 heavy (non-hydrogen) atoms. The van der Waals surface area contributed by atoms with Crippen LogP contribution in [-0.4, -0.2) is 38.9 Å². The van der Waals surface area contributed by atoms with Gasteiger partial charge in [-0.2, -0.15) is 15.3 Å². The van der Waals surface area contributed by atoms with E-state index in [1.54, 1.807) is 17.1 Å². The van der Waals surface area contributed by atoms with Crippen LogP contribution in [0.3, 0.4) is 0 Å². The summed E-state index contributed by atoms with van der Waals surface area (Å²) < 4.78 is 7.71. The summed E-state index contributed by atoms with van der Waals surface area (Å²) in [5, 5.41) is 21.2.